The van der Waals surface area contributed by atoms with Crippen LogP contribution in [-0.4, -0.2) is 43.7 Å². The molecule has 0 aliphatic carbocycles. The minimum absolute atomic E-state index is 0.0917. The lowest BCUT2D eigenvalue weighted by atomic mass is 9.98. The quantitative estimate of drug-likeness (QED) is 0.857. The van der Waals surface area contributed by atoms with Gasteiger partial charge in [-0.2, -0.15) is 0 Å². The highest BCUT2D eigenvalue weighted by atomic mass is 16.5. The van der Waals surface area contributed by atoms with Crippen LogP contribution in [0.15, 0.2) is 16.5 Å². The van der Waals surface area contributed by atoms with Crippen LogP contribution in [0.25, 0.3) is 0 Å². The molecule has 1 aromatic rings. The van der Waals surface area contributed by atoms with Gasteiger partial charge in [0.25, 0.3) is 0 Å². The van der Waals surface area contributed by atoms with E-state index in [1.54, 1.807) is 6.07 Å². The Kier molecular flexibility index (Phi) is 4.83. The fourth-order valence-electron chi connectivity index (χ4n) is 2.67. The molecular weight excluding hydrogens is 256 g/mol. The summed E-state index contributed by atoms with van der Waals surface area (Å²) in [5.41, 5.74) is 0. The van der Waals surface area contributed by atoms with Crippen molar-refractivity contribution in [3.05, 3.63) is 23.7 Å². The standard InChI is InChI=1S/C15H24N2O3/c1-10-9-12(7-8-17(10)3)16-11(2)13-5-6-14(20-13)15(18)19-4/h5-6,10-12,16H,7-9H2,1-4H3. The SMILES string of the molecule is COC(=O)c1ccc(C(C)NC2CCN(C)C(C)C2)o1. The third-order valence-corrected chi connectivity index (χ3v) is 4.13. The minimum atomic E-state index is -0.434. The number of nitrogens with one attached hydrogen (secondary N) is 1. The van der Waals surface area contributed by atoms with E-state index >= 15 is 0 Å². The van der Waals surface area contributed by atoms with Gasteiger partial charge in [0, 0.05) is 12.1 Å². The number of carbonyl (C=O) groups excluding carboxylic acids is 1. The molecule has 2 rings (SSSR count). The predicted molar refractivity (Wildman–Crippen MR) is 76.7 cm³/mol. The van der Waals surface area contributed by atoms with Crippen LogP contribution in [0, 0.1) is 0 Å². The molecule has 0 radical (unpaired) electrons. The van der Waals surface area contributed by atoms with Gasteiger partial charge in [0.1, 0.15) is 5.76 Å². The number of methoxy groups -OCH3 is 1. The van der Waals surface area contributed by atoms with Crippen LogP contribution in [0.1, 0.15) is 49.0 Å². The first kappa shape index (κ1) is 15.1. The van der Waals surface area contributed by atoms with E-state index in [0.717, 1.165) is 25.1 Å². The molecule has 5 heteroatoms. The molecule has 1 fully saturated rings. The van der Waals surface area contributed by atoms with Gasteiger partial charge in [0.2, 0.25) is 5.76 Å². The number of hydrogen-bond donors (Lipinski definition) is 1. The minimum Gasteiger partial charge on any atom is -0.463 e. The Morgan fingerprint density at radius 2 is 2.30 bits per heavy atom. The highest BCUT2D eigenvalue weighted by Gasteiger charge is 2.25. The third-order valence-electron chi connectivity index (χ3n) is 4.13. The molecule has 3 atom stereocenters. The van der Waals surface area contributed by atoms with Crippen LogP contribution in [-0.2, 0) is 4.74 Å². The van der Waals surface area contributed by atoms with Gasteiger partial charge in [-0.3, -0.25) is 0 Å². The van der Waals surface area contributed by atoms with E-state index in [4.69, 9.17) is 4.42 Å². The Hall–Kier alpha value is -1.33. The first-order chi connectivity index (χ1) is 9.51. The van der Waals surface area contributed by atoms with Gasteiger partial charge in [0.05, 0.1) is 13.2 Å². The van der Waals surface area contributed by atoms with Gasteiger partial charge in [-0.1, -0.05) is 0 Å². The lowest BCUT2D eigenvalue weighted by Crippen LogP contribution is -2.46. The number of furan rings is 1. The zero-order valence-electron chi connectivity index (χ0n) is 12.7. The summed E-state index contributed by atoms with van der Waals surface area (Å²) in [6.07, 6.45) is 2.27. The fourth-order valence-corrected chi connectivity index (χ4v) is 2.67. The van der Waals surface area contributed by atoms with Crippen LogP contribution < -0.4 is 5.32 Å². The Labute approximate surface area is 120 Å². The number of carbonyl (C=O) groups is 1. The summed E-state index contributed by atoms with van der Waals surface area (Å²) < 4.78 is 10.2. The molecule has 5 nitrogen and oxygen atoms in total. The number of likely N-dealkylation sites (tertiary alicyclic amines) is 1. The van der Waals surface area contributed by atoms with E-state index in [9.17, 15) is 4.79 Å². The van der Waals surface area contributed by atoms with Gasteiger partial charge in [-0.25, -0.2) is 4.79 Å². The van der Waals surface area contributed by atoms with E-state index in [0.29, 0.717) is 12.1 Å². The van der Waals surface area contributed by atoms with Crippen LogP contribution in [0.3, 0.4) is 0 Å². The summed E-state index contributed by atoms with van der Waals surface area (Å²) in [5, 5.41) is 3.58. The molecule has 112 valence electrons. The summed E-state index contributed by atoms with van der Waals surface area (Å²) in [6, 6.07) is 4.67. The monoisotopic (exact) mass is 280 g/mol. The second-order valence-electron chi connectivity index (χ2n) is 5.63. The molecule has 1 aliphatic heterocycles. The average molecular weight is 280 g/mol. The summed E-state index contributed by atoms with van der Waals surface area (Å²) in [6.45, 7) is 5.42. The maximum absolute atomic E-state index is 11.4. The van der Waals surface area contributed by atoms with Crippen LogP contribution in [0.4, 0.5) is 0 Å². The number of piperidine rings is 1. The summed E-state index contributed by atoms with van der Waals surface area (Å²) in [7, 11) is 3.52. The number of nitrogens with zero attached hydrogens (tertiary/aromatic N) is 1. The lowest BCUT2D eigenvalue weighted by Gasteiger charge is -2.36. The Morgan fingerprint density at radius 3 is 2.95 bits per heavy atom. The molecule has 1 aromatic heterocycles. The van der Waals surface area contributed by atoms with Gasteiger partial charge in [0.15, 0.2) is 0 Å². The zero-order valence-corrected chi connectivity index (χ0v) is 12.7. The van der Waals surface area contributed by atoms with E-state index in [1.807, 2.05) is 6.07 Å². The van der Waals surface area contributed by atoms with Crippen LogP contribution in [0.5, 0.6) is 0 Å². The van der Waals surface area contributed by atoms with E-state index in [2.05, 4.69) is 35.8 Å². The van der Waals surface area contributed by atoms with Crippen molar-refractivity contribution in [2.24, 2.45) is 0 Å². The zero-order chi connectivity index (χ0) is 14.7. The van der Waals surface area contributed by atoms with Crippen molar-refractivity contribution in [3.63, 3.8) is 0 Å². The maximum Gasteiger partial charge on any atom is 0.373 e. The van der Waals surface area contributed by atoms with Crippen molar-refractivity contribution in [1.82, 2.24) is 10.2 Å². The number of esters is 1. The topological polar surface area (TPSA) is 54.7 Å². The van der Waals surface area contributed by atoms with Crippen LogP contribution in [0.2, 0.25) is 0 Å². The molecule has 1 N–H and O–H groups in total. The molecule has 20 heavy (non-hydrogen) atoms. The Bertz CT molecular complexity index is 458. The summed E-state index contributed by atoms with van der Waals surface area (Å²) in [4.78, 5) is 13.8. The van der Waals surface area contributed by atoms with Gasteiger partial charge in [-0.05, 0) is 52.4 Å². The van der Waals surface area contributed by atoms with E-state index in [1.165, 1.54) is 7.11 Å². The van der Waals surface area contributed by atoms with Gasteiger partial charge < -0.3 is 19.4 Å². The second kappa shape index (κ2) is 6.41. The molecular formula is C15H24N2O3. The third kappa shape index (κ3) is 3.41. The largest absolute Gasteiger partial charge is 0.463 e. The first-order valence-corrected chi connectivity index (χ1v) is 7.15. The normalized spacial score (nSPS) is 25.4. The predicted octanol–water partition coefficient (Wildman–Crippen LogP) is 2.20. The summed E-state index contributed by atoms with van der Waals surface area (Å²) in [5.74, 6) is 0.598. The molecule has 0 saturated carbocycles. The molecule has 1 aliphatic rings. The summed E-state index contributed by atoms with van der Waals surface area (Å²) >= 11 is 0. The maximum atomic E-state index is 11.4. The smallest absolute Gasteiger partial charge is 0.373 e. The highest BCUT2D eigenvalue weighted by molar-refractivity contribution is 5.86. The number of rotatable bonds is 4. The number of hydrogen-bond acceptors (Lipinski definition) is 5. The Morgan fingerprint density at radius 1 is 1.55 bits per heavy atom. The van der Waals surface area contributed by atoms with E-state index < -0.39 is 5.97 Å². The molecule has 0 amide bonds. The molecule has 0 spiro atoms. The van der Waals surface area contributed by atoms with Crippen molar-refractivity contribution in [2.45, 2.75) is 44.8 Å². The average Bonchev–Trinajstić information content (AvgIpc) is 2.92. The van der Waals surface area contributed by atoms with Crippen molar-refractivity contribution in [3.8, 4) is 0 Å². The molecule has 0 bridgehead atoms. The van der Waals surface area contributed by atoms with Crippen molar-refractivity contribution in [1.29, 1.82) is 0 Å². The molecule has 2 heterocycles. The molecule has 0 aromatic carbocycles. The van der Waals surface area contributed by atoms with E-state index in [-0.39, 0.29) is 11.8 Å². The fraction of sp³-hybridized carbons (Fsp3) is 0.667. The molecule has 3 unspecified atom stereocenters. The highest BCUT2D eigenvalue weighted by Crippen LogP contribution is 2.21. The first-order valence-electron chi connectivity index (χ1n) is 7.15. The van der Waals surface area contributed by atoms with Crippen molar-refractivity contribution < 1.29 is 13.9 Å². The lowest BCUT2D eigenvalue weighted by molar-refractivity contribution is 0.0562. The van der Waals surface area contributed by atoms with Gasteiger partial charge in [-0.15, -0.1) is 0 Å². The second-order valence-corrected chi connectivity index (χ2v) is 5.63. The Balaban J connectivity index is 1.93. The van der Waals surface area contributed by atoms with Gasteiger partial charge >= 0.3 is 5.97 Å². The van der Waals surface area contributed by atoms with Crippen molar-refractivity contribution in [2.75, 3.05) is 20.7 Å². The number of ether oxygens (including phenoxy) is 1. The van der Waals surface area contributed by atoms with Crippen LogP contribution >= 0.6 is 0 Å². The molecule has 1 saturated heterocycles. The van der Waals surface area contributed by atoms with Crippen molar-refractivity contribution >= 4 is 5.97 Å².